The van der Waals surface area contributed by atoms with Gasteiger partial charge in [-0.2, -0.15) is 36.5 Å². The molecule has 0 radical (unpaired) electrons. The zero-order chi connectivity index (χ0) is 27.8. The van der Waals surface area contributed by atoms with Crippen LogP contribution < -0.4 is 0 Å². The van der Waals surface area contributed by atoms with E-state index in [-0.39, 0.29) is 5.91 Å². The number of alkyl halides is 6. The van der Waals surface area contributed by atoms with Gasteiger partial charge in [0.1, 0.15) is 0 Å². The third-order valence-corrected chi connectivity index (χ3v) is 5.29. The first-order valence-corrected chi connectivity index (χ1v) is 10.5. The van der Waals surface area contributed by atoms with Crippen LogP contribution in [0.2, 0.25) is 0 Å². The van der Waals surface area contributed by atoms with E-state index >= 15 is 0 Å². The lowest BCUT2D eigenvalue weighted by atomic mass is 10.0. The van der Waals surface area contributed by atoms with E-state index in [1.807, 2.05) is 17.2 Å². The van der Waals surface area contributed by atoms with Crippen molar-refractivity contribution < 1.29 is 50.9 Å². The van der Waals surface area contributed by atoms with Gasteiger partial charge in [0.15, 0.2) is 0 Å². The standard InChI is InChI=1S/C17H19N5O.2C2HF3O2/c23-17(14-3-5-19-20-7-14)22-11-15-9-21(10-16(15)12-22)8-13-2-1-4-18-6-13;2*3-2(4,5)1(6)7/h1-7,15-16H,8-12H2;2*(H,6,7)/t15-,16+;;. The largest absolute Gasteiger partial charge is 0.490 e. The van der Waals surface area contributed by atoms with Crippen molar-refractivity contribution in [2.24, 2.45) is 11.8 Å². The lowest BCUT2D eigenvalue weighted by Gasteiger charge is -2.21. The Morgan fingerprint density at radius 2 is 1.38 bits per heavy atom. The predicted molar refractivity (Wildman–Crippen MR) is 112 cm³/mol. The van der Waals surface area contributed by atoms with Crippen LogP contribution in [0.1, 0.15) is 15.9 Å². The third-order valence-electron chi connectivity index (χ3n) is 5.29. The summed E-state index contributed by atoms with van der Waals surface area (Å²) in [7, 11) is 0. The molecule has 2 atom stereocenters. The number of aromatic nitrogens is 3. The number of nitrogens with zero attached hydrogens (tertiary/aromatic N) is 5. The summed E-state index contributed by atoms with van der Waals surface area (Å²) < 4.78 is 63.5. The fourth-order valence-electron chi connectivity index (χ4n) is 3.73. The quantitative estimate of drug-likeness (QED) is 0.566. The van der Waals surface area contributed by atoms with Crippen molar-refractivity contribution in [1.82, 2.24) is 25.0 Å². The number of amides is 1. The Labute approximate surface area is 205 Å². The Morgan fingerprint density at radius 1 is 0.838 bits per heavy atom. The second-order valence-electron chi connectivity index (χ2n) is 8.02. The zero-order valence-corrected chi connectivity index (χ0v) is 18.9. The Hall–Kier alpha value is -3.82. The summed E-state index contributed by atoms with van der Waals surface area (Å²) in [6.07, 6.45) is -3.31. The number of likely N-dealkylation sites (tertiary alicyclic amines) is 2. The first-order chi connectivity index (χ1) is 17.2. The van der Waals surface area contributed by atoms with Crippen LogP contribution in [0.5, 0.6) is 0 Å². The highest BCUT2D eigenvalue weighted by Gasteiger charge is 2.42. The van der Waals surface area contributed by atoms with Gasteiger partial charge in [-0.3, -0.25) is 14.7 Å². The fraction of sp³-hybridized carbons (Fsp3) is 0.429. The molecule has 2 saturated heterocycles. The average Bonchev–Trinajstić information content (AvgIpc) is 3.38. The molecule has 2 aliphatic rings. The molecule has 0 saturated carbocycles. The van der Waals surface area contributed by atoms with Gasteiger partial charge in [-0.15, -0.1) is 0 Å². The third kappa shape index (κ3) is 9.29. The number of carbonyl (C=O) groups excluding carboxylic acids is 1. The highest BCUT2D eigenvalue weighted by atomic mass is 19.4. The number of pyridine rings is 1. The minimum atomic E-state index is -5.08. The molecule has 4 rings (SSSR count). The van der Waals surface area contributed by atoms with E-state index in [4.69, 9.17) is 19.8 Å². The van der Waals surface area contributed by atoms with Gasteiger partial charge in [0.2, 0.25) is 0 Å². The summed E-state index contributed by atoms with van der Waals surface area (Å²) in [5.74, 6) is -4.29. The highest BCUT2D eigenvalue weighted by molar-refractivity contribution is 5.94. The van der Waals surface area contributed by atoms with Crippen LogP contribution in [0.15, 0.2) is 43.0 Å². The van der Waals surface area contributed by atoms with Gasteiger partial charge in [-0.05, 0) is 29.5 Å². The molecular weight excluding hydrogens is 516 g/mol. The van der Waals surface area contributed by atoms with E-state index < -0.39 is 24.3 Å². The maximum atomic E-state index is 12.5. The molecule has 4 heterocycles. The molecule has 202 valence electrons. The molecule has 1 amide bonds. The molecule has 0 unspecified atom stereocenters. The topological polar surface area (TPSA) is 137 Å². The van der Waals surface area contributed by atoms with Gasteiger partial charge in [-0.25, -0.2) is 9.59 Å². The second kappa shape index (κ2) is 12.4. The van der Waals surface area contributed by atoms with Crippen molar-refractivity contribution in [1.29, 1.82) is 0 Å². The number of fused-ring (bicyclic) bond motifs is 1. The van der Waals surface area contributed by atoms with Gasteiger partial charge < -0.3 is 15.1 Å². The number of carbonyl (C=O) groups is 3. The van der Waals surface area contributed by atoms with Crippen LogP contribution >= 0.6 is 0 Å². The Morgan fingerprint density at radius 3 is 1.78 bits per heavy atom. The lowest BCUT2D eigenvalue weighted by molar-refractivity contribution is -0.193. The minimum absolute atomic E-state index is 0.0770. The summed E-state index contributed by atoms with van der Waals surface area (Å²) in [4.78, 5) is 38.9. The SMILES string of the molecule is O=C(O)C(F)(F)F.O=C(O)C(F)(F)F.O=C(c1ccnnc1)N1C[C@H]2CN(Cc3cccnc3)C[C@H]2C1. The summed E-state index contributed by atoms with van der Waals surface area (Å²) in [6, 6.07) is 5.83. The van der Waals surface area contributed by atoms with Crippen molar-refractivity contribution >= 4 is 17.8 Å². The minimum Gasteiger partial charge on any atom is -0.475 e. The van der Waals surface area contributed by atoms with E-state index in [0.717, 1.165) is 32.7 Å². The molecule has 2 aromatic rings. The number of hydrogen-bond acceptors (Lipinski definition) is 7. The molecule has 0 spiro atoms. The van der Waals surface area contributed by atoms with Gasteiger partial charge in [0.05, 0.1) is 18.0 Å². The summed E-state index contributed by atoms with van der Waals surface area (Å²) in [6.45, 7) is 4.74. The molecule has 10 nitrogen and oxygen atoms in total. The number of carboxylic acid groups (broad SMARTS) is 2. The Kier molecular flexibility index (Phi) is 9.88. The maximum Gasteiger partial charge on any atom is 0.490 e. The van der Waals surface area contributed by atoms with Crippen LogP contribution in [0, 0.1) is 11.8 Å². The highest BCUT2D eigenvalue weighted by Crippen LogP contribution is 2.32. The first-order valence-electron chi connectivity index (χ1n) is 10.5. The summed E-state index contributed by atoms with van der Waals surface area (Å²) in [5.41, 5.74) is 1.88. The number of halogens is 6. The van der Waals surface area contributed by atoms with Crippen LogP contribution in [-0.2, 0) is 16.1 Å². The fourth-order valence-corrected chi connectivity index (χ4v) is 3.73. The van der Waals surface area contributed by atoms with Gasteiger partial charge in [0.25, 0.3) is 5.91 Å². The van der Waals surface area contributed by atoms with Crippen LogP contribution in [0.4, 0.5) is 26.3 Å². The van der Waals surface area contributed by atoms with E-state index in [1.54, 1.807) is 24.7 Å². The van der Waals surface area contributed by atoms with Crippen molar-refractivity contribution in [3.05, 3.63) is 54.1 Å². The molecule has 2 aliphatic heterocycles. The number of rotatable bonds is 3. The van der Waals surface area contributed by atoms with Gasteiger partial charge in [-0.1, -0.05) is 6.07 Å². The molecule has 37 heavy (non-hydrogen) atoms. The monoisotopic (exact) mass is 537 g/mol. The predicted octanol–water partition coefficient (Wildman–Crippen LogP) is 2.34. The van der Waals surface area contributed by atoms with E-state index in [2.05, 4.69) is 26.1 Å². The maximum absolute atomic E-state index is 12.5. The normalized spacial score (nSPS) is 19.1. The van der Waals surface area contributed by atoms with Crippen LogP contribution in [-0.4, -0.2) is 91.6 Å². The lowest BCUT2D eigenvalue weighted by Crippen LogP contribution is -2.33. The molecule has 2 aromatic heterocycles. The van der Waals surface area contributed by atoms with E-state index in [9.17, 15) is 31.1 Å². The molecular formula is C21H21F6N5O5. The molecule has 0 aliphatic carbocycles. The molecule has 0 bridgehead atoms. The first kappa shape index (κ1) is 29.4. The summed E-state index contributed by atoms with van der Waals surface area (Å²) in [5, 5.41) is 21.8. The average molecular weight is 537 g/mol. The van der Waals surface area contributed by atoms with Crippen molar-refractivity contribution in [3.63, 3.8) is 0 Å². The van der Waals surface area contributed by atoms with Crippen molar-refractivity contribution in [2.45, 2.75) is 18.9 Å². The smallest absolute Gasteiger partial charge is 0.475 e. The molecule has 2 N–H and O–H groups in total. The van der Waals surface area contributed by atoms with Gasteiger partial charge in [0, 0.05) is 45.1 Å². The Balaban J connectivity index is 0.000000286. The molecule has 0 aromatic carbocycles. The van der Waals surface area contributed by atoms with Crippen LogP contribution in [0.3, 0.4) is 0 Å². The Bertz CT molecular complexity index is 1020. The molecule has 16 heteroatoms. The number of hydrogen-bond donors (Lipinski definition) is 2. The summed E-state index contributed by atoms with van der Waals surface area (Å²) >= 11 is 0. The zero-order valence-electron chi connectivity index (χ0n) is 18.9. The number of carboxylic acids is 2. The van der Waals surface area contributed by atoms with E-state index in [1.165, 1.54) is 5.56 Å². The molecule has 2 fully saturated rings. The van der Waals surface area contributed by atoms with E-state index in [0.29, 0.717) is 17.4 Å². The van der Waals surface area contributed by atoms with Gasteiger partial charge >= 0.3 is 24.3 Å². The van der Waals surface area contributed by atoms with Crippen LogP contribution in [0.25, 0.3) is 0 Å². The van der Waals surface area contributed by atoms with Crippen molar-refractivity contribution in [3.8, 4) is 0 Å². The second-order valence-corrected chi connectivity index (χ2v) is 8.02. The van der Waals surface area contributed by atoms with Crippen molar-refractivity contribution in [2.75, 3.05) is 26.2 Å². The number of aliphatic carboxylic acids is 2.